The molecule has 0 bridgehead atoms. The third-order valence-electron chi connectivity index (χ3n) is 4.20. The van der Waals surface area contributed by atoms with E-state index in [0.717, 1.165) is 34.4 Å². The molecule has 0 atom stereocenters. The van der Waals surface area contributed by atoms with E-state index in [4.69, 9.17) is 0 Å². The molecule has 0 radical (unpaired) electrons. The summed E-state index contributed by atoms with van der Waals surface area (Å²) in [5, 5.41) is 0. The van der Waals surface area contributed by atoms with Crippen LogP contribution in [0.1, 0.15) is 23.7 Å². The Morgan fingerprint density at radius 3 is 2.36 bits per heavy atom. The van der Waals surface area contributed by atoms with Crippen LogP contribution in [-0.4, -0.2) is 28.0 Å². The molecule has 7 nitrogen and oxygen atoms in total. The maximum absolute atomic E-state index is 13.0. The van der Waals surface area contributed by atoms with E-state index >= 15 is 0 Å². The fourth-order valence-electron chi connectivity index (χ4n) is 2.76. The van der Waals surface area contributed by atoms with E-state index in [9.17, 15) is 32.3 Å². The number of halogens is 3. The Kier molecular flexibility index (Phi) is 5.91. The summed E-state index contributed by atoms with van der Waals surface area (Å²) in [5.74, 6) is -2.18. The van der Waals surface area contributed by atoms with Crippen LogP contribution < -0.4 is 11.2 Å². The maximum Gasteiger partial charge on any atom is 0.416 e. The zero-order chi connectivity index (χ0) is 21.2. The first-order chi connectivity index (χ1) is 13.0. The van der Waals surface area contributed by atoms with Gasteiger partial charge in [-0.1, -0.05) is 6.07 Å². The van der Waals surface area contributed by atoms with Crippen LogP contribution in [0.3, 0.4) is 0 Å². The molecule has 0 N–H and O–H groups in total. The standard InChI is InChI=1S/C18H17F3N2O5/c1-4-22-15(25)13(9-14(24)16(26)28-3)10(2)23(17(22)27)12-7-5-6-11(8-12)18(19,20)21/h5-8H,4,9H2,1-3H3. The van der Waals surface area contributed by atoms with Crippen LogP contribution in [0, 0.1) is 6.92 Å². The molecule has 0 saturated heterocycles. The lowest BCUT2D eigenvalue weighted by molar-refractivity contribution is -0.151. The predicted octanol–water partition coefficient (Wildman–Crippen LogP) is 1.63. The van der Waals surface area contributed by atoms with Crippen molar-refractivity contribution in [1.29, 1.82) is 0 Å². The number of Topliss-reactive ketones (excluding diaryl/α,β-unsaturated/α-hetero) is 1. The molecule has 0 saturated carbocycles. The Bertz CT molecular complexity index is 1050. The second-order valence-corrected chi connectivity index (χ2v) is 5.87. The van der Waals surface area contributed by atoms with E-state index < -0.39 is 41.2 Å². The lowest BCUT2D eigenvalue weighted by Gasteiger charge is -2.17. The first-order valence-electron chi connectivity index (χ1n) is 8.17. The second-order valence-electron chi connectivity index (χ2n) is 5.87. The fourth-order valence-corrected chi connectivity index (χ4v) is 2.76. The first kappa shape index (κ1) is 21.1. The van der Waals surface area contributed by atoms with Gasteiger partial charge in [0.15, 0.2) is 0 Å². The molecule has 0 aliphatic heterocycles. The third-order valence-corrected chi connectivity index (χ3v) is 4.20. The molecule has 0 aliphatic carbocycles. The highest BCUT2D eigenvalue weighted by Crippen LogP contribution is 2.30. The highest BCUT2D eigenvalue weighted by molar-refractivity contribution is 6.34. The van der Waals surface area contributed by atoms with E-state index in [0.29, 0.717) is 0 Å². The van der Waals surface area contributed by atoms with Crippen molar-refractivity contribution in [3.63, 3.8) is 0 Å². The lowest BCUT2D eigenvalue weighted by atomic mass is 10.1. The summed E-state index contributed by atoms with van der Waals surface area (Å²) in [6, 6.07) is 4.02. The Balaban J connectivity index is 2.77. The molecular weight excluding hydrogens is 381 g/mol. The van der Waals surface area contributed by atoms with Gasteiger partial charge in [-0.05, 0) is 32.0 Å². The average molecular weight is 398 g/mol. The van der Waals surface area contributed by atoms with Crippen molar-refractivity contribution in [3.05, 3.63) is 61.9 Å². The first-order valence-corrected chi connectivity index (χ1v) is 8.17. The largest absolute Gasteiger partial charge is 0.463 e. The van der Waals surface area contributed by atoms with Crippen LogP contribution in [0.5, 0.6) is 0 Å². The zero-order valence-corrected chi connectivity index (χ0v) is 15.3. The Morgan fingerprint density at radius 2 is 1.82 bits per heavy atom. The van der Waals surface area contributed by atoms with Gasteiger partial charge in [-0.3, -0.25) is 18.7 Å². The average Bonchev–Trinajstić information content (AvgIpc) is 2.64. The van der Waals surface area contributed by atoms with E-state index in [1.807, 2.05) is 0 Å². The summed E-state index contributed by atoms with van der Waals surface area (Å²) in [6.45, 7) is 2.75. The van der Waals surface area contributed by atoms with Crippen LogP contribution in [0.2, 0.25) is 0 Å². The molecule has 150 valence electrons. The van der Waals surface area contributed by atoms with Crippen LogP contribution >= 0.6 is 0 Å². The van der Waals surface area contributed by atoms with Gasteiger partial charge in [-0.25, -0.2) is 9.59 Å². The number of carbonyl (C=O) groups is 2. The Labute approximate surface area is 157 Å². The quantitative estimate of drug-likeness (QED) is 0.564. The molecular formula is C18H17F3N2O5. The lowest BCUT2D eigenvalue weighted by Crippen LogP contribution is -2.43. The molecule has 28 heavy (non-hydrogen) atoms. The molecule has 10 heteroatoms. The third kappa shape index (κ3) is 3.90. The number of benzene rings is 1. The molecule has 1 aromatic heterocycles. The number of ether oxygens (including phenoxy) is 1. The van der Waals surface area contributed by atoms with Gasteiger partial charge < -0.3 is 4.74 Å². The van der Waals surface area contributed by atoms with Crippen molar-refractivity contribution in [3.8, 4) is 5.69 Å². The number of methoxy groups -OCH3 is 1. The smallest absolute Gasteiger partial charge is 0.416 e. The number of alkyl halides is 3. The summed E-state index contributed by atoms with van der Waals surface area (Å²) < 4.78 is 45.1. The minimum atomic E-state index is -4.63. The Morgan fingerprint density at radius 1 is 1.18 bits per heavy atom. The van der Waals surface area contributed by atoms with Crippen molar-refractivity contribution in [1.82, 2.24) is 9.13 Å². The Hall–Kier alpha value is -3.17. The minimum absolute atomic E-state index is 0.0312. The van der Waals surface area contributed by atoms with Gasteiger partial charge >= 0.3 is 17.8 Å². The van der Waals surface area contributed by atoms with Gasteiger partial charge in [-0.15, -0.1) is 0 Å². The topological polar surface area (TPSA) is 87.4 Å². The summed E-state index contributed by atoms with van der Waals surface area (Å²) in [5.41, 5.74) is -2.93. The van der Waals surface area contributed by atoms with Gasteiger partial charge in [0.1, 0.15) is 0 Å². The highest BCUT2D eigenvalue weighted by Gasteiger charge is 2.31. The fraction of sp³-hybridized carbons (Fsp3) is 0.333. The normalized spacial score (nSPS) is 11.4. The summed E-state index contributed by atoms with van der Waals surface area (Å²) in [6.07, 6.45) is -5.27. The monoisotopic (exact) mass is 398 g/mol. The highest BCUT2D eigenvalue weighted by atomic mass is 19.4. The number of aromatic nitrogens is 2. The van der Waals surface area contributed by atoms with E-state index in [-0.39, 0.29) is 23.5 Å². The summed E-state index contributed by atoms with van der Waals surface area (Å²) in [7, 11) is 1.00. The van der Waals surface area contributed by atoms with Crippen LogP contribution in [0.25, 0.3) is 5.69 Å². The maximum atomic E-state index is 13.0. The predicted molar refractivity (Wildman–Crippen MR) is 92.4 cm³/mol. The number of esters is 1. The van der Waals surface area contributed by atoms with Crippen molar-refractivity contribution in [2.45, 2.75) is 33.0 Å². The van der Waals surface area contributed by atoms with Crippen molar-refractivity contribution >= 4 is 11.8 Å². The van der Waals surface area contributed by atoms with E-state index in [1.165, 1.54) is 19.9 Å². The summed E-state index contributed by atoms with van der Waals surface area (Å²) >= 11 is 0. The molecule has 1 heterocycles. The van der Waals surface area contributed by atoms with Crippen LogP contribution in [0.4, 0.5) is 13.2 Å². The summed E-state index contributed by atoms with van der Waals surface area (Å²) in [4.78, 5) is 48.6. The number of carbonyl (C=O) groups excluding carboxylic acids is 2. The molecule has 0 unspecified atom stereocenters. The molecule has 2 aromatic rings. The van der Waals surface area contributed by atoms with Gasteiger partial charge in [-0.2, -0.15) is 13.2 Å². The van der Waals surface area contributed by atoms with Crippen molar-refractivity contribution in [2.24, 2.45) is 0 Å². The SMILES string of the molecule is CCn1c(=O)c(CC(=O)C(=O)OC)c(C)n(-c2cccc(C(F)(F)F)c2)c1=O. The van der Waals surface area contributed by atoms with Crippen LogP contribution in [-0.2, 0) is 33.5 Å². The van der Waals surface area contributed by atoms with Gasteiger partial charge in [0.25, 0.3) is 5.56 Å². The van der Waals surface area contributed by atoms with Crippen LogP contribution in [0.15, 0.2) is 33.9 Å². The van der Waals surface area contributed by atoms with Gasteiger partial charge in [0.2, 0.25) is 5.78 Å². The minimum Gasteiger partial charge on any atom is -0.463 e. The number of nitrogens with zero attached hydrogens (tertiary/aromatic N) is 2. The van der Waals surface area contributed by atoms with Gasteiger partial charge in [0.05, 0.1) is 24.8 Å². The molecule has 0 spiro atoms. The second kappa shape index (κ2) is 7.83. The zero-order valence-electron chi connectivity index (χ0n) is 15.3. The number of rotatable bonds is 5. The van der Waals surface area contributed by atoms with Crippen molar-refractivity contribution < 1.29 is 27.5 Å². The molecule has 0 aliphatic rings. The van der Waals surface area contributed by atoms with E-state index in [1.54, 1.807) is 0 Å². The molecule has 2 rings (SSSR count). The molecule has 0 fully saturated rings. The van der Waals surface area contributed by atoms with Gasteiger partial charge in [0, 0.05) is 17.8 Å². The van der Waals surface area contributed by atoms with Crippen molar-refractivity contribution in [2.75, 3.05) is 7.11 Å². The van der Waals surface area contributed by atoms with E-state index in [2.05, 4.69) is 4.74 Å². The molecule has 1 aromatic carbocycles. The number of hydrogen-bond acceptors (Lipinski definition) is 5. The number of ketones is 1. The number of hydrogen-bond donors (Lipinski definition) is 0. The molecule has 0 amide bonds.